The highest BCUT2D eigenvalue weighted by Crippen LogP contribution is 2.22. The molecule has 0 atom stereocenters. The van der Waals surface area contributed by atoms with Crippen LogP contribution in [0.25, 0.3) is 0 Å². The molecule has 0 bridgehead atoms. The maximum absolute atomic E-state index is 2.49. The number of hydrogen-bond donors (Lipinski definition) is 0. The van der Waals surface area contributed by atoms with Crippen LogP contribution in [0, 0.1) is 11.8 Å². The van der Waals surface area contributed by atoms with Crippen molar-refractivity contribution in [3.8, 4) is 0 Å². The molecule has 0 aliphatic heterocycles. The highest BCUT2D eigenvalue weighted by atomic mass is 14.1. The summed E-state index contributed by atoms with van der Waals surface area (Å²) in [4.78, 5) is 0. The van der Waals surface area contributed by atoms with Crippen LogP contribution in [0.15, 0.2) is 0 Å². The topological polar surface area (TPSA) is 0 Å². The van der Waals surface area contributed by atoms with E-state index in [0.717, 1.165) is 0 Å². The SMILES string of the molecule is CCCCCCCCCCC[CH]CC(C)(C)C. The van der Waals surface area contributed by atoms with Crippen molar-refractivity contribution < 1.29 is 0 Å². The summed E-state index contributed by atoms with van der Waals surface area (Å²) in [6.07, 6.45) is 18.0. The Kier molecular flexibility index (Phi) is 11.1. The van der Waals surface area contributed by atoms with Crippen LogP contribution < -0.4 is 0 Å². The molecular weight excluding hydrogens is 204 g/mol. The molecule has 0 fully saturated rings. The lowest BCUT2D eigenvalue weighted by molar-refractivity contribution is 0.398. The van der Waals surface area contributed by atoms with Crippen LogP contribution in [-0.4, -0.2) is 0 Å². The minimum atomic E-state index is 0.485. The summed E-state index contributed by atoms with van der Waals surface area (Å²) in [5, 5.41) is 0. The van der Waals surface area contributed by atoms with Crippen molar-refractivity contribution in [1.82, 2.24) is 0 Å². The van der Waals surface area contributed by atoms with E-state index in [-0.39, 0.29) is 0 Å². The number of unbranched alkanes of at least 4 members (excludes halogenated alkanes) is 10. The standard InChI is InChI=1S/C17H35/c1-5-6-7-8-9-10-11-12-13-14-15-16-17(2,3)4/h15H,5-14,16H2,1-4H3. The van der Waals surface area contributed by atoms with Gasteiger partial charge in [0.05, 0.1) is 0 Å². The largest absolute Gasteiger partial charge is 0.0654 e. The van der Waals surface area contributed by atoms with Gasteiger partial charge in [0.2, 0.25) is 0 Å². The van der Waals surface area contributed by atoms with Crippen molar-refractivity contribution in [3.05, 3.63) is 6.42 Å². The zero-order valence-corrected chi connectivity index (χ0v) is 12.9. The highest BCUT2D eigenvalue weighted by Gasteiger charge is 2.08. The van der Waals surface area contributed by atoms with Crippen LogP contribution in [0.5, 0.6) is 0 Å². The van der Waals surface area contributed by atoms with Gasteiger partial charge in [-0.3, -0.25) is 0 Å². The molecule has 0 aromatic rings. The molecule has 1 radical (unpaired) electrons. The minimum Gasteiger partial charge on any atom is -0.0654 e. The zero-order valence-electron chi connectivity index (χ0n) is 12.9. The maximum Gasteiger partial charge on any atom is -0.0380 e. The van der Waals surface area contributed by atoms with E-state index in [0.29, 0.717) is 5.41 Å². The first kappa shape index (κ1) is 17.0. The normalized spacial score (nSPS) is 12.0. The summed E-state index contributed by atoms with van der Waals surface area (Å²) in [7, 11) is 0. The fourth-order valence-corrected chi connectivity index (χ4v) is 2.13. The van der Waals surface area contributed by atoms with E-state index >= 15 is 0 Å². The molecule has 103 valence electrons. The van der Waals surface area contributed by atoms with Crippen molar-refractivity contribution in [2.75, 3.05) is 0 Å². The van der Waals surface area contributed by atoms with Crippen LogP contribution in [0.4, 0.5) is 0 Å². The van der Waals surface area contributed by atoms with Crippen molar-refractivity contribution in [2.24, 2.45) is 5.41 Å². The van der Waals surface area contributed by atoms with E-state index in [1.165, 1.54) is 70.6 Å². The van der Waals surface area contributed by atoms with Crippen molar-refractivity contribution in [2.45, 2.75) is 98.3 Å². The van der Waals surface area contributed by atoms with Crippen LogP contribution in [-0.2, 0) is 0 Å². The van der Waals surface area contributed by atoms with Gasteiger partial charge in [-0.25, -0.2) is 0 Å². The minimum absolute atomic E-state index is 0.485. The second-order valence-corrected chi connectivity index (χ2v) is 6.67. The molecule has 0 saturated heterocycles. The Morgan fingerprint density at radius 2 is 1.18 bits per heavy atom. The molecule has 0 aliphatic rings. The van der Waals surface area contributed by atoms with Crippen LogP contribution >= 0.6 is 0 Å². The van der Waals surface area contributed by atoms with E-state index in [9.17, 15) is 0 Å². The lowest BCUT2D eigenvalue weighted by Crippen LogP contribution is -2.04. The molecule has 0 aliphatic carbocycles. The van der Waals surface area contributed by atoms with Crippen LogP contribution in [0.1, 0.15) is 98.3 Å². The van der Waals surface area contributed by atoms with Gasteiger partial charge >= 0.3 is 0 Å². The van der Waals surface area contributed by atoms with Crippen molar-refractivity contribution in [3.63, 3.8) is 0 Å². The lowest BCUT2D eigenvalue weighted by atomic mass is 9.89. The molecule has 0 aromatic heterocycles. The van der Waals surface area contributed by atoms with E-state index in [2.05, 4.69) is 34.1 Å². The number of hydrogen-bond acceptors (Lipinski definition) is 0. The Balaban J connectivity index is 2.99. The quantitative estimate of drug-likeness (QED) is 0.359. The second-order valence-electron chi connectivity index (χ2n) is 6.67. The lowest BCUT2D eigenvalue weighted by Gasteiger charge is -2.17. The summed E-state index contributed by atoms with van der Waals surface area (Å²) >= 11 is 0. The van der Waals surface area contributed by atoms with Gasteiger partial charge in [0.1, 0.15) is 0 Å². The molecule has 0 spiro atoms. The third-order valence-corrected chi connectivity index (χ3v) is 3.27. The average molecular weight is 239 g/mol. The first-order chi connectivity index (χ1) is 8.06. The van der Waals surface area contributed by atoms with Gasteiger partial charge in [-0.15, -0.1) is 0 Å². The van der Waals surface area contributed by atoms with Crippen LogP contribution in [0.3, 0.4) is 0 Å². The fraction of sp³-hybridized carbons (Fsp3) is 0.941. The third kappa shape index (κ3) is 16.0. The van der Waals surface area contributed by atoms with Gasteiger partial charge < -0.3 is 0 Å². The molecular formula is C17H35. The van der Waals surface area contributed by atoms with Gasteiger partial charge in [-0.2, -0.15) is 0 Å². The Morgan fingerprint density at radius 1 is 0.706 bits per heavy atom. The third-order valence-electron chi connectivity index (χ3n) is 3.27. The molecule has 0 heterocycles. The summed E-state index contributed by atoms with van der Waals surface area (Å²) in [6.45, 7) is 9.24. The Morgan fingerprint density at radius 3 is 1.65 bits per heavy atom. The summed E-state index contributed by atoms with van der Waals surface area (Å²) in [6, 6.07) is 0. The second kappa shape index (κ2) is 11.1. The molecule has 0 saturated carbocycles. The van der Waals surface area contributed by atoms with Gasteiger partial charge in [-0.05, 0) is 18.3 Å². The van der Waals surface area contributed by atoms with Crippen molar-refractivity contribution in [1.29, 1.82) is 0 Å². The number of rotatable bonds is 11. The van der Waals surface area contributed by atoms with E-state index < -0.39 is 0 Å². The van der Waals surface area contributed by atoms with Gasteiger partial charge in [-0.1, -0.05) is 91.9 Å². The molecule has 0 rings (SSSR count). The molecule has 0 heteroatoms. The Hall–Kier alpha value is 0. The smallest absolute Gasteiger partial charge is 0.0380 e. The maximum atomic E-state index is 2.49. The molecule has 17 heavy (non-hydrogen) atoms. The van der Waals surface area contributed by atoms with E-state index in [1.807, 2.05) is 0 Å². The van der Waals surface area contributed by atoms with Gasteiger partial charge in [0.25, 0.3) is 0 Å². The molecule has 0 unspecified atom stereocenters. The summed E-state index contributed by atoms with van der Waals surface area (Å²) < 4.78 is 0. The average Bonchev–Trinajstić information content (AvgIpc) is 2.24. The van der Waals surface area contributed by atoms with Gasteiger partial charge in [0, 0.05) is 0 Å². The first-order valence-corrected chi connectivity index (χ1v) is 7.88. The predicted octanol–water partition coefficient (Wildman–Crippen LogP) is 6.55. The predicted molar refractivity (Wildman–Crippen MR) is 80.2 cm³/mol. The molecule has 0 aromatic carbocycles. The van der Waals surface area contributed by atoms with E-state index in [4.69, 9.17) is 0 Å². The molecule has 0 N–H and O–H groups in total. The van der Waals surface area contributed by atoms with Crippen molar-refractivity contribution >= 4 is 0 Å². The fourth-order valence-electron chi connectivity index (χ4n) is 2.13. The zero-order chi connectivity index (χ0) is 13.0. The highest BCUT2D eigenvalue weighted by molar-refractivity contribution is 4.73. The summed E-state index contributed by atoms with van der Waals surface area (Å²) in [5.74, 6) is 0. The molecule has 0 amide bonds. The van der Waals surface area contributed by atoms with Crippen LogP contribution in [0.2, 0.25) is 0 Å². The van der Waals surface area contributed by atoms with E-state index in [1.54, 1.807) is 0 Å². The first-order valence-electron chi connectivity index (χ1n) is 7.88. The molecule has 0 nitrogen and oxygen atoms in total. The Bertz CT molecular complexity index is 141. The summed E-state index contributed by atoms with van der Waals surface area (Å²) in [5.41, 5.74) is 0.485. The van der Waals surface area contributed by atoms with Gasteiger partial charge in [0.15, 0.2) is 0 Å². The monoisotopic (exact) mass is 239 g/mol. The Labute approximate surface area is 111 Å².